The highest BCUT2D eigenvalue weighted by atomic mass is 16.1. The van der Waals surface area contributed by atoms with E-state index in [2.05, 4.69) is 38.9 Å². The van der Waals surface area contributed by atoms with Crippen LogP contribution in [0, 0.1) is 12.8 Å². The second-order valence-electron chi connectivity index (χ2n) is 6.29. The van der Waals surface area contributed by atoms with Gasteiger partial charge in [-0.3, -0.25) is 4.79 Å². The summed E-state index contributed by atoms with van der Waals surface area (Å²) in [6.07, 6.45) is 5.83. The maximum Gasteiger partial charge on any atom is 0.224 e. The first-order valence-electron chi connectivity index (χ1n) is 8.19. The Hall–Kier alpha value is -2.14. The van der Waals surface area contributed by atoms with Crippen LogP contribution in [0.1, 0.15) is 24.2 Å². The van der Waals surface area contributed by atoms with Gasteiger partial charge < -0.3 is 14.8 Å². The SMILES string of the molecule is Cc1nccn1-c1ccccc1CNC(=O)[C@@H]1CCCN(C)C1. The third-order valence-electron chi connectivity index (χ3n) is 4.53. The number of carbonyl (C=O) groups is 1. The van der Waals surface area contributed by atoms with Crippen LogP contribution in [0.4, 0.5) is 0 Å². The molecule has 5 nitrogen and oxygen atoms in total. The van der Waals surface area contributed by atoms with Crippen molar-refractivity contribution < 1.29 is 4.79 Å². The minimum absolute atomic E-state index is 0.107. The molecule has 1 saturated heterocycles. The Kier molecular flexibility index (Phi) is 4.76. The van der Waals surface area contributed by atoms with Gasteiger partial charge in [0.2, 0.25) is 5.91 Å². The van der Waals surface area contributed by atoms with Crippen LogP contribution in [-0.2, 0) is 11.3 Å². The van der Waals surface area contributed by atoms with E-state index < -0.39 is 0 Å². The molecule has 2 heterocycles. The van der Waals surface area contributed by atoms with Gasteiger partial charge in [0.1, 0.15) is 5.82 Å². The zero-order chi connectivity index (χ0) is 16.2. The smallest absolute Gasteiger partial charge is 0.224 e. The van der Waals surface area contributed by atoms with Crippen molar-refractivity contribution in [3.63, 3.8) is 0 Å². The van der Waals surface area contributed by atoms with E-state index in [1.165, 1.54) is 0 Å². The molecule has 0 aliphatic carbocycles. The minimum Gasteiger partial charge on any atom is -0.352 e. The highest BCUT2D eigenvalue weighted by Gasteiger charge is 2.23. The van der Waals surface area contributed by atoms with Crippen LogP contribution in [0.15, 0.2) is 36.7 Å². The van der Waals surface area contributed by atoms with Gasteiger partial charge >= 0.3 is 0 Å². The molecule has 5 heteroatoms. The largest absolute Gasteiger partial charge is 0.352 e. The van der Waals surface area contributed by atoms with E-state index in [0.717, 1.165) is 43.0 Å². The summed E-state index contributed by atoms with van der Waals surface area (Å²) in [7, 11) is 2.08. The maximum absolute atomic E-state index is 12.4. The molecule has 0 unspecified atom stereocenters. The van der Waals surface area contributed by atoms with Gasteiger partial charge in [0.15, 0.2) is 0 Å². The molecule has 1 aromatic heterocycles. The van der Waals surface area contributed by atoms with Crippen LogP contribution in [0.2, 0.25) is 0 Å². The molecule has 3 rings (SSSR count). The number of aryl methyl sites for hydroxylation is 1. The number of piperidine rings is 1. The molecule has 1 atom stereocenters. The first-order valence-corrected chi connectivity index (χ1v) is 8.19. The first kappa shape index (κ1) is 15.7. The summed E-state index contributed by atoms with van der Waals surface area (Å²) in [5.74, 6) is 1.21. The molecule has 122 valence electrons. The summed E-state index contributed by atoms with van der Waals surface area (Å²) in [5, 5.41) is 3.11. The molecule has 0 saturated carbocycles. The Labute approximate surface area is 137 Å². The van der Waals surface area contributed by atoms with Crippen molar-refractivity contribution in [3.8, 4) is 5.69 Å². The highest BCUT2D eigenvalue weighted by molar-refractivity contribution is 5.79. The molecule has 0 radical (unpaired) electrons. The van der Waals surface area contributed by atoms with Crippen molar-refractivity contribution in [2.75, 3.05) is 20.1 Å². The number of imidazole rings is 1. The summed E-state index contributed by atoms with van der Waals surface area (Å²) in [5.41, 5.74) is 2.18. The van der Waals surface area contributed by atoms with E-state index in [1.807, 2.05) is 25.3 Å². The number of carbonyl (C=O) groups excluding carboxylic acids is 1. The molecule has 2 aromatic rings. The molecule has 1 amide bonds. The van der Waals surface area contributed by atoms with Crippen LogP contribution >= 0.6 is 0 Å². The number of rotatable bonds is 4. The summed E-state index contributed by atoms with van der Waals surface area (Å²) in [6, 6.07) is 8.13. The fourth-order valence-electron chi connectivity index (χ4n) is 3.23. The predicted octanol–water partition coefficient (Wildman–Crippen LogP) is 2.14. The minimum atomic E-state index is 0.107. The lowest BCUT2D eigenvalue weighted by atomic mass is 9.97. The predicted molar refractivity (Wildman–Crippen MR) is 90.4 cm³/mol. The lowest BCUT2D eigenvalue weighted by Crippen LogP contribution is -2.41. The van der Waals surface area contributed by atoms with Gasteiger partial charge in [0, 0.05) is 25.5 Å². The van der Waals surface area contributed by atoms with Gasteiger partial charge in [-0.1, -0.05) is 18.2 Å². The number of benzene rings is 1. The highest BCUT2D eigenvalue weighted by Crippen LogP contribution is 2.18. The van der Waals surface area contributed by atoms with Crippen LogP contribution in [0.5, 0.6) is 0 Å². The Morgan fingerprint density at radius 2 is 2.22 bits per heavy atom. The Morgan fingerprint density at radius 3 is 2.96 bits per heavy atom. The molecule has 1 aliphatic heterocycles. The third-order valence-corrected chi connectivity index (χ3v) is 4.53. The first-order chi connectivity index (χ1) is 11.1. The van der Waals surface area contributed by atoms with Crippen molar-refractivity contribution in [1.82, 2.24) is 19.8 Å². The van der Waals surface area contributed by atoms with Gasteiger partial charge in [-0.25, -0.2) is 4.98 Å². The number of likely N-dealkylation sites (tertiary alicyclic amines) is 1. The molecule has 1 fully saturated rings. The number of hydrogen-bond donors (Lipinski definition) is 1. The number of nitrogens with one attached hydrogen (secondary N) is 1. The average Bonchev–Trinajstić information content (AvgIpc) is 2.99. The van der Waals surface area contributed by atoms with E-state index in [0.29, 0.717) is 6.54 Å². The molecule has 1 aliphatic rings. The van der Waals surface area contributed by atoms with Crippen molar-refractivity contribution in [3.05, 3.63) is 48.0 Å². The quantitative estimate of drug-likeness (QED) is 0.941. The Bertz CT molecular complexity index is 679. The summed E-state index contributed by atoms with van der Waals surface area (Å²) in [6.45, 7) is 4.47. The van der Waals surface area contributed by atoms with Gasteiger partial charge in [-0.15, -0.1) is 0 Å². The zero-order valence-corrected chi connectivity index (χ0v) is 13.8. The normalized spacial score (nSPS) is 18.8. The molecule has 0 spiro atoms. The average molecular weight is 312 g/mol. The van der Waals surface area contributed by atoms with Crippen molar-refractivity contribution >= 4 is 5.91 Å². The third kappa shape index (κ3) is 3.62. The molecule has 23 heavy (non-hydrogen) atoms. The monoisotopic (exact) mass is 312 g/mol. The van der Waals surface area contributed by atoms with Crippen LogP contribution in [0.3, 0.4) is 0 Å². The fraction of sp³-hybridized carbons (Fsp3) is 0.444. The van der Waals surface area contributed by atoms with Crippen molar-refractivity contribution in [2.24, 2.45) is 5.92 Å². The van der Waals surface area contributed by atoms with Crippen LogP contribution < -0.4 is 5.32 Å². The van der Waals surface area contributed by atoms with E-state index >= 15 is 0 Å². The lowest BCUT2D eigenvalue weighted by molar-refractivity contribution is -0.126. The number of aromatic nitrogens is 2. The van der Waals surface area contributed by atoms with Crippen LogP contribution in [0.25, 0.3) is 5.69 Å². The van der Waals surface area contributed by atoms with Gasteiger partial charge in [-0.2, -0.15) is 0 Å². The second kappa shape index (κ2) is 6.96. The summed E-state index contributed by atoms with van der Waals surface area (Å²) in [4.78, 5) is 18.9. The Balaban J connectivity index is 1.69. The lowest BCUT2D eigenvalue weighted by Gasteiger charge is -2.28. The zero-order valence-electron chi connectivity index (χ0n) is 13.8. The number of hydrogen-bond acceptors (Lipinski definition) is 3. The topological polar surface area (TPSA) is 50.2 Å². The van der Waals surface area contributed by atoms with Gasteiger partial charge in [0.25, 0.3) is 0 Å². The molecular formula is C18H24N4O. The second-order valence-corrected chi connectivity index (χ2v) is 6.29. The maximum atomic E-state index is 12.4. The molecule has 0 bridgehead atoms. The molecule has 1 N–H and O–H groups in total. The molecule has 1 aromatic carbocycles. The molecular weight excluding hydrogens is 288 g/mol. The van der Waals surface area contributed by atoms with Gasteiger partial charge in [-0.05, 0) is 45.0 Å². The Morgan fingerprint density at radius 1 is 1.39 bits per heavy atom. The van der Waals surface area contributed by atoms with Crippen molar-refractivity contribution in [1.29, 1.82) is 0 Å². The number of nitrogens with zero attached hydrogens (tertiary/aromatic N) is 3. The van der Waals surface area contributed by atoms with Crippen molar-refractivity contribution in [2.45, 2.75) is 26.3 Å². The van der Waals surface area contributed by atoms with E-state index in [-0.39, 0.29) is 11.8 Å². The van der Waals surface area contributed by atoms with E-state index in [4.69, 9.17) is 0 Å². The number of para-hydroxylation sites is 1. The standard InChI is InChI=1S/C18H24N4O/c1-14-19-9-11-22(14)17-8-4-3-6-15(17)12-20-18(23)16-7-5-10-21(2)13-16/h3-4,6,8-9,11,16H,5,7,10,12-13H2,1-2H3,(H,20,23)/t16-/m1/s1. The van der Waals surface area contributed by atoms with Crippen LogP contribution in [-0.4, -0.2) is 40.5 Å². The van der Waals surface area contributed by atoms with E-state index in [9.17, 15) is 4.79 Å². The van der Waals surface area contributed by atoms with Gasteiger partial charge in [0.05, 0.1) is 11.6 Å². The number of amides is 1. The summed E-state index contributed by atoms with van der Waals surface area (Å²) >= 11 is 0. The summed E-state index contributed by atoms with van der Waals surface area (Å²) < 4.78 is 2.05. The fourth-order valence-corrected chi connectivity index (χ4v) is 3.23. The van der Waals surface area contributed by atoms with E-state index in [1.54, 1.807) is 6.20 Å².